The van der Waals surface area contributed by atoms with Crippen molar-refractivity contribution in [3.05, 3.63) is 72.8 Å². The Kier molecular flexibility index (Phi) is 5.87. The Morgan fingerprint density at radius 2 is 0.957 bits per heavy atom. The molecule has 0 radical (unpaired) electrons. The largest absolute Gasteiger partial charge is 0.489 e. The highest BCUT2D eigenvalue weighted by atomic mass is 16.5. The van der Waals surface area contributed by atoms with Crippen LogP contribution in [0.25, 0.3) is 0 Å². The lowest BCUT2D eigenvalue weighted by molar-refractivity contribution is 0.351. The second-order valence-electron chi connectivity index (χ2n) is 5.54. The number of hydrogen-bond acceptors (Lipinski definition) is 3. The van der Waals surface area contributed by atoms with Crippen LogP contribution in [-0.4, -0.2) is 13.2 Å². The van der Waals surface area contributed by atoms with E-state index in [1.165, 1.54) is 0 Å². The van der Waals surface area contributed by atoms with Crippen LogP contribution in [0.5, 0.6) is 23.0 Å². The molecule has 0 aromatic heterocycles. The van der Waals surface area contributed by atoms with Gasteiger partial charge < -0.3 is 14.2 Å². The highest BCUT2D eigenvalue weighted by Gasteiger charge is 2.00. The van der Waals surface area contributed by atoms with Gasteiger partial charge in [-0.2, -0.15) is 0 Å². The molecule has 0 heterocycles. The van der Waals surface area contributed by atoms with Crippen molar-refractivity contribution in [1.82, 2.24) is 0 Å². The number of benzene rings is 2. The van der Waals surface area contributed by atoms with Crippen LogP contribution in [0.1, 0.15) is 13.8 Å². The molecule has 2 rings (SSSR count). The zero-order valence-electron chi connectivity index (χ0n) is 13.7. The van der Waals surface area contributed by atoms with Crippen molar-refractivity contribution in [3.63, 3.8) is 0 Å². The van der Waals surface area contributed by atoms with Crippen molar-refractivity contribution in [2.24, 2.45) is 0 Å². The summed E-state index contributed by atoms with van der Waals surface area (Å²) in [6.07, 6.45) is 0. The quantitative estimate of drug-likeness (QED) is 0.612. The highest BCUT2D eigenvalue weighted by molar-refractivity contribution is 5.37. The van der Waals surface area contributed by atoms with Gasteiger partial charge in [0, 0.05) is 0 Å². The molecule has 0 saturated carbocycles. The smallest absolute Gasteiger partial charge is 0.127 e. The van der Waals surface area contributed by atoms with Gasteiger partial charge in [0.2, 0.25) is 0 Å². The third-order valence-corrected chi connectivity index (χ3v) is 2.85. The molecule has 120 valence electrons. The minimum absolute atomic E-state index is 0.520. The van der Waals surface area contributed by atoms with E-state index in [0.29, 0.717) is 13.2 Å². The average Bonchev–Trinajstić information content (AvgIpc) is 2.53. The van der Waals surface area contributed by atoms with Gasteiger partial charge in [0.05, 0.1) is 0 Å². The van der Waals surface area contributed by atoms with E-state index in [1.54, 1.807) is 0 Å². The summed E-state index contributed by atoms with van der Waals surface area (Å²) in [5, 5.41) is 0. The minimum atomic E-state index is 0.520. The normalized spacial score (nSPS) is 10.0. The SMILES string of the molecule is C=C(C)COc1ccc(Oc2ccc(OCC(=C)C)cc2)cc1. The molecule has 0 aliphatic rings. The number of hydrogen-bond donors (Lipinski definition) is 0. The summed E-state index contributed by atoms with van der Waals surface area (Å²) in [6.45, 7) is 12.5. The molecule has 0 fully saturated rings. The monoisotopic (exact) mass is 310 g/mol. The summed E-state index contributed by atoms with van der Waals surface area (Å²) in [5.41, 5.74) is 1.97. The van der Waals surface area contributed by atoms with E-state index in [0.717, 1.165) is 34.1 Å². The van der Waals surface area contributed by atoms with Crippen LogP contribution in [0.4, 0.5) is 0 Å². The predicted molar refractivity (Wildman–Crippen MR) is 93.6 cm³/mol. The van der Waals surface area contributed by atoms with Crippen molar-refractivity contribution in [2.45, 2.75) is 13.8 Å². The first-order valence-electron chi connectivity index (χ1n) is 7.45. The molecule has 3 heteroatoms. The zero-order valence-corrected chi connectivity index (χ0v) is 13.7. The second kappa shape index (κ2) is 8.08. The molecule has 0 amide bonds. The Bertz CT molecular complexity index is 595. The fraction of sp³-hybridized carbons (Fsp3) is 0.200. The van der Waals surface area contributed by atoms with Crippen molar-refractivity contribution in [3.8, 4) is 23.0 Å². The van der Waals surface area contributed by atoms with E-state index >= 15 is 0 Å². The summed E-state index contributed by atoms with van der Waals surface area (Å²) in [6, 6.07) is 15.0. The Morgan fingerprint density at radius 3 is 1.26 bits per heavy atom. The molecule has 0 aliphatic carbocycles. The maximum Gasteiger partial charge on any atom is 0.127 e. The molecule has 3 nitrogen and oxygen atoms in total. The third-order valence-electron chi connectivity index (χ3n) is 2.85. The molecule has 2 aromatic carbocycles. The van der Waals surface area contributed by atoms with Crippen LogP contribution in [0.2, 0.25) is 0 Å². The van der Waals surface area contributed by atoms with Gasteiger partial charge in [-0.3, -0.25) is 0 Å². The van der Waals surface area contributed by atoms with E-state index in [1.807, 2.05) is 62.4 Å². The van der Waals surface area contributed by atoms with Gasteiger partial charge in [-0.05, 0) is 73.5 Å². The summed E-state index contributed by atoms with van der Waals surface area (Å²) >= 11 is 0. The molecule has 0 unspecified atom stereocenters. The van der Waals surface area contributed by atoms with Crippen LogP contribution < -0.4 is 14.2 Å². The van der Waals surface area contributed by atoms with E-state index in [4.69, 9.17) is 14.2 Å². The third kappa shape index (κ3) is 5.91. The Morgan fingerprint density at radius 1 is 0.652 bits per heavy atom. The van der Waals surface area contributed by atoms with E-state index < -0.39 is 0 Å². The Balaban J connectivity index is 1.91. The first kappa shape index (κ1) is 16.7. The van der Waals surface area contributed by atoms with Crippen LogP contribution in [0, 0.1) is 0 Å². The molecular weight excluding hydrogens is 288 g/mol. The predicted octanol–water partition coefficient (Wildman–Crippen LogP) is 5.39. The minimum Gasteiger partial charge on any atom is -0.489 e. The maximum atomic E-state index is 5.79. The summed E-state index contributed by atoms with van der Waals surface area (Å²) in [5.74, 6) is 3.10. The van der Waals surface area contributed by atoms with Gasteiger partial charge in [-0.15, -0.1) is 0 Å². The maximum absolute atomic E-state index is 5.79. The molecule has 0 atom stereocenters. The molecule has 0 N–H and O–H groups in total. The van der Waals surface area contributed by atoms with Crippen molar-refractivity contribution in [1.29, 1.82) is 0 Å². The van der Waals surface area contributed by atoms with Crippen molar-refractivity contribution < 1.29 is 14.2 Å². The van der Waals surface area contributed by atoms with Gasteiger partial charge >= 0.3 is 0 Å². The fourth-order valence-corrected chi connectivity index (χ4v) is 1.76. The van der Waals surface area contributed by atoms with Crippen molar-refractivity contribution >= 4 is 0 Å². The lowest BCUT2D eigenvalue weighted by atomic mass is 10.3. The van der Waals surface area contributed by atoms with Crippen LogP contribution in [-0.2, 0) is 0 Å². The lowest BCUT2D eigenvalue weighted by Gasteiger charge is -2.09. The standard InChI is InChI=1S/C20H22O3/c1-15(2)13-21-17-5-9-19(10-6-17)23-20-11-7-18(8-12-20)22-14-16(3)4/h5-12H,1,3,13-14H2,2,4H3. The van der Waals surface area contributed by atoms with Crippen molar-refractivity contribution in [2.75, 3.05) is 13.2 Å². The van der Waals surface area contributed by atoms with Crippen LogP contribution >= 0.6 is 0 Å². The molecule has 0 bridgehead atoms. The summed E-state index contributed by atoms with van der Waals surface area (Å²) < 4.78 is 16.9. The molecule has 0 saturated heterocycles. The van der Waals surface area contributed by atoms with Gasteiger partial charge in [0.1, 0.15) is 36.2 Å². The molecule has 0 aliphatic heterocycles. The van der Waals surface area contributed by atoms with Gasteiger partial charge in [0.15, 0.2) is 0 Å². The van der Waals surface area contributed by atoms with E-state index in [2.05, 4.69) is 13.2 Å². The van der Waals surface area contributed by atoms with Crippen LogP contribution in [0.15, 0.2) is 72.8 Å². The Labute approximate surface area is 137 Å². The lowest BCUT2D eigenvalue weighted by Crippen LogP contribution is -1.97. The Hall–Kier alpha value is -2.68. The zero-order chi connectivity index (χ0) is 16.7. The van der Waals surface area contributed by atoms with Crippen LogP contribution in [0.3, 0.4) is 0 Å². The average molecular weight is 310 g/mol. The molecule has 23 heavy (non-hydrogen) atoms. The highest BCUT2D eigenvalue weighted by Crippen LogP contribution is 2.25. The first-order valence-corrected chi connectivity index (χ1v) is 7.45. The number of ether oxygens (including phenoxy) is 3. The molecule has 0 spiro atoms. The fourth-order valence-electron chi connectivity index (χ4n) is 1.76. The van der Waals surface area contributed by atoms with Gasteiger partial charge in [-0.25, -0.2) is 0 Å². The van der Waals surface area contributed by atoms with Gasteiger partial charge in [0.25, 0.3) is 0 Å². The molecular formula is C20H22O3. The van der Waals surface area contributed by atoms with E-state index in [-0.39, 0.29) is 0 Å². The topological polar surface area (TPSA) is 27.7 Å². The number of rotatable bonds is 8. The summed E-state index contributed by atoms with van der Waals surface area (Å²) in [7, 11) is 0. The van der Waals surface area contributed by atoms with Gasteiger partial charge in [-0.1, -0.05) is 13.2 Å². The second-order valence-corrected chi connectivity index (χ2v) is 5.54. The first-order chi connectivity index (χ1) is 11.0. The summed E-state index contributed by atoms with van der Waals surface area (Å²) in [4.78, 5) is 0. The molecule has 2 aromatic rings. The van der Waals surface area contributed by atoms with E-state index in [9.17, 15) is 0 Å².